The molecule has 0 bridgehead atoms. The summed E-state index contributed by atoms with van der Waals surface area (Å²) in [5, 5.41) is 20.5. The molecule has 7 heteroatoms. The lowest BCUT2D eigenvalue weighted by molar-refractivity contribution is -0.384. The highest BCUT2D eigenvalue weighted by molar-refractivity contribution is 6.33. The van der Waals surface area contributed by atoms with Crippen LogP contribution in [-0.4, -0.2) is 4.92 Å². The van der Waals surface area contributed by atoms with E-state index in [1.807, 2.05) is 6.07 Å². The van der Waals surface area contributed by atoms with Crippen molar-refractivity contribution in [3.63, 3.8) is 0 Å². The molecule has 0 atom stereocenters. The number of hydrogen-bond acceptors (Lipinski definition) is 4. The molecule has 3 rings (SSSR count). The van der Waals surface area contributed by atoms with Crippen molar-refractivity contribution in [1.29, 1.82) is 5.26 Å². The molecular weight excluding hydrogens is 359 g/mol. The summed E-state index contributed by atoms with van der Waals surface area (Å²) in [4.78, 5) is 10.4. The van der Waals surface area contributed by atoms with E-state index in [0.29, 0.717) is 27.7 Å². The summed E-state index contributed by atoms with van der Waals surface area (Å²) in [5.74, 6) is 0.206. The van der Waals surface area contributed by atoms with Gasteiger partial charge in [-0.2, -0.15) is 5.26 Å². The summed E-state index contributed by atoms with van der Waals surface area (Å²) in [7, 11) is 0. The zero-order chi connectivity index (χ0) is 18.7. The predicted molar refractivity (Wildman–Crippen MR) is 95.7 cm³/mol. The second-order valence-electron chi connectivity index (χ2n) is 5.30. The van der Waals surface area contributed by atoms with Crippen LogP contribution < -0.4 is 0 Å². The summed E-state index contributed by atoms with van der Waals surface area (Å²) in [5.41, 5.74) is 0.884. The van der Waals surface area contributed by atoms with E-state index in [0.717, 1.165) is 0 Å². The van der Waals surface area contributed by atoms with Gasteiger partial charge < -0.3 is 4.42 Å². The number of nitro groups is 1. The maximum absolute atomic E-state index is 13.3. The van der Waals surface area contributed by atoms with Gasteiger partial charge in [-0.25, -0.2) is 4.39 Å². The first kappa shape index (κ1) is 17.4. The van der Waals surface area contributed by atoms with E-state index in [-0.39, 0.29) is 11.3 Å². The standard InChI is InChI=1S/C19H10ClFN2O3/c20-18-6-4-15(23(24)25)10-17(18)19-7-5-16(26-19)9-13(11-22)12-2-1-3-14(21)8-12/h1-10H/b13-9-. The smallest absolute Gasteiger partial charge is 0.270 e. The Kier molecular flexibility index (Phi) is 4.83. The summed E-state index contributed by atoms with van der Waals surface area (Å²) in [6.45, 7) is 0. The van der Waals surface area contributed by atoms with Crippen molar-refractivity contribution in [3.05, 3.63) is 86.9 Å². The largest absolute Gasteiger partial charge is 0.457 e. The molecule has 26 heavy (non-hydrogen) atoms. The molecule has 0 amide bonds. The van der Waals surface area contributed by atoms with Crippen LogP contribution in [0, 0.1) is 27.3 Å². The molecule has 0 aliphatic rings. The molecule has 3 aromatic rings. The highest BCUT2D eigenvalue weighted by Gasteiger charge is 2.14. The lowest BCUT2D eigenvalue weighted by Gasteiger charge is -2.01. The van der Waals surface area contributed by atoms with Crippen LogP contribution in [-0.2, 0) is 0 Å². The highest BCUT2D eigenvalue weighted by atomic mass is 35.5. The molecule has 0 fully saturated rings. The van der Waals surface area contributed by atoms with Crippen molar-refractivity contribution >= 4 is 28.9 Å². The van der Waals surface area contributed by atoms with Gasteiger partial charge in [-0.15, -0.1) is 0 Å². The fraction of sp³-hybridized carbons (Fsp3) is 0. The molecule has 0 aliphatic heterocycles. The van der Waals surface area contributed by atoms with Crippen molar-refractivity contribution in [3.8, 4) is 17.4 Å². The van der Waals surface area contributed by atoms with E-state index in [2.05, 4.69) is 0 Å². The van der Waals surface area contributed by atoms with Gasteiger partial charge in [-0.1, -0.05) is 23.7 Å². The number of nitro benzene ring substituents is 1. The van der Waals surface area contributed by atoms with Crippen molar-refractivity contribution in [1.82, 2.24) is 0 Å². The minimum Gasteiger partial charge on any atom is -0.457 e. The number of rotatable bonds is 4. The Labute approximate surface area is 152 Å². The van der Waals surface area contributed by atoms with Crippen molar-refractivity contribution in [2.75, 3.05) is 0 Å². The monoisotopic (exact) mass is 368 g/mol. The number of nitriles is 1. The Morgan fingerprint density at radius 3 is 2.73 bits per heavy atom. The topological polar surface area (TPSA) is 80.1 Å². The van der Waals surface area contributed by atoms with Crippen LogP contribution in [0.5, 0.6) is 0 Å². The number of furan rings is 1. The number of nitrogens with zero attached hydrogens (tertiary/aromatic N) is 2. The Balaban J connectivity index is 1.99. The minimum atomic E-state index is -0.526. The van der Waals surface area contributed by atoms with Crippen LogP contribution >= 0.6 is 11.6 Å². The van der Waals surface area contributed by atoms with Crippen LogP contribution in [0.25, 0.3) is 23.0 Å². The predicted octanol–water partition coefficient (Wildman–Crippen LogP) is 5.71. The van der Waals surface area contributed by atoms with Gasteiger partial charge in [-0.3, -0.25) is 10.1 Å². The van der Waals surface area contributed by atoms with Crippen LogP contribution in [0.1, 0.15) is 11.3 Å². The number of halogens is 2. The summed E-state index contributed by atoms with van der Waals surface area (Å²) in [6.07, 6.45) is 1.46. The Morgan fingerprint density at radius 1 is 1.23 bits per heavy atom. The van der Waals surface area contributed by atoms with Crippen LogP contribution in [0.3, 0.4) is 0 Å². The third-order valence-corrected chi connectivity index (χ3v) is 3.93. The fourth-order valence-electron chi connectivity index (χ4n) is 2.37. The third-order valence-electron chi connectivity index (χ3n) is 3.60. The molecule has 0 unspecified atom stereocenters. The lowest BCUT2D eigenvalue weighted by Crippen LogP contribution is -1.88. The van der Waals surface area contributed by atoms with Crippen molar-refractivity contribution in [2.24, 2.45) is 0 Å². The van der Waals surface area contributed by atoms with E-state index in [9.17, 15) is 19.8 Å². The van der Waals surface area contributed by atoms with Crippen molar-refractivity contribution < 1.29 is 13.7 Å². The van der Waals surface area contributed by atoms with Gasteiger partial charge in [0.15, 0.2) is 0 Å². The zero-order valence-corrected chi connectivity index (χ0v) is 13.9. The maximum Gasteiger partial charge on any atom is 0.270 e. The van der Waals surface area contributed by atoms with Gasteiger partial charge in [0.1, 0.15) is 17.3 Å². The molecule has 5 nitrogen and oxygen atoms in total. The molecule has 0 spiro atoms. The molecule has 0 saturated heterocycles. The quantitative estimate of drug-likeness (QED) is 0.335. The van der Waals surface area contributed by atoms with Gasteiger partial charge >= 0.3 is 0 Å². The molecular formula is C19H10ClFN2O3. The molecule has 0 radical (unpaired) electrons. The van der Waals surface area contributed by atoms with Gasteiger partial charge in [-0.05, 0) is 42.0 Å². The molecule has 1 heterocycles. The summed E-state index contributed by atoms with van der Waals surface area (Å²) in [6, 6.07) is 14.9. The number of allylic oxidation sites excluding steroid dienone is 1. The molecule has 0 N–H and O–H groups in total. The Hall–Kier alpha value is -3.43. The summed E-state index contributed by atoms with van der Waals surface area (Å²) >= 11 is 6.10. The minimum absolute atomic E-state index is 0.115. The number of benzene rings is 2. The van der Waals surface area contributed by atoms with Gasteiger partial charge in [0.2, 0.25) is 0 Å². The summed E-state index contributed by atoms with van der Waals surface area (Å²) < 4.78 is 19.0. The normalized spacial score (nSPS) is 11.2. The highest BCUT2D eigenvalue weighted by Crippen LogP contribution is 2.33. The van der Waals surface area contributed by atoms with E-state index < -0.39 is 10.7 Å². The van der Waals surface area contributed by atoms with E-state index in [4.69, 9.17) is 16.0 Å². The van der Waals surface area contributed by atoms with Gasteiger partial charge in [0.25, 0.3) is 5.69 Å². The molecule has 2 aromatic carbocycles. The molecule has 0 aliphatic carbocycles. The first-order valence-corrected chi connectivity index (χ1v) is 7.77. The maximum atomic E-state index is 13.3. The zero-order valence-electron chi connectivity index (χ0n) is 13.1. The van der Waals surface area contributed by atoms with E-state index in [1.165, 1.54) is 42.5 Å². The number of hydrogen-bond donors (Lipinski definition) is 0. The van der Waals surface area contributed by atoms with Crippen LogP contribution in [0.2, 0.25) is 5.02 Å². The third kappa shape index (κ3) is 3.63. The second kappa shape index (κ2) is 7.21. The van der Waals surface area contributed by atoms with Gasteiger partial charge in [0.05, 0.1) is 21.6 Å². The molecule has 0 saturated carbocycles. The molecule has 1 aromatic heterocycles. The van der Waals surface area contributed by atoms with Crippen molar-refractivity contribution in [2.45, 2.75) is 0 Å². The number of non-ortho nitro benzene ring substituents is 1. The van der Waals surface area contributed by atoms with Crippen LogP contribution in [0.15, 0.2) is 59.0 Å². The second-order valence-corrected chi connectivity index (χ2v) is 5.71. The molecule has 128 valence electrons. The SMILES string of the molecule is N#C/C(=C/c1ccc(-c2cc([N+](=O)[O-])ccc2Cl)o1)c1cccc(F)c1. The average molecular weight is 369 g/mol. The Bertz CT molecular complexity index is 1070. The Morgan fingerprint density at radius 2 is 2.04 bits per heavy atom. The fourth-order valence-corrected chi connectivity index (χ4v) is 2.58. The first-order chi connectivity index (χ1) is 12.5. The van der Waals surface area contributed by atoms with Gasteiger partial charge in [0, 0.05) is 17.7 Å². The van der Waals surface area contributed by atoms with Crippen LogP contribution in [0.4, 0.5) is 10.1 Å². The average Bonchev–Trinajstić information content (AvgIpc) is 3.08. The lowest BCUT2D eigenvalue weighted by atomic mass is 10.1. The van der Waals surface area contributed by atoms with E-state index in [1.54, 1.807) is 18.2 Å². The first-order valence-electron chi connectivity index (χ1n) is 7.40. The van der Waals surface area contributed by atoms with E-state index >= 15 is 0 Å².